The summed E-state index contributed by atoms with van der Waals surface area (Å²) in [6, 6.07) is 15.3. The number of aromatic hydroxyl groups is 1. The number of phenolic OH excluding ortho intramolecular Hbond substituents is 1. The lowest BCUT2D eigenvalue weighted by Gasteiger charge is -2.26. The van der Waals surface area contributed by atoms with Crippen molar-refractivity contribution in [2.75, 3.05) is 0 Å². The molecule has 0 aromatic heterocycles. The number of aliphatic carboxylic acids is 3. The van der Waals surface area contributed by atoms with E-state index in [1.165, 1.54) is 24.3 Å². The second-order valence-corrected chi connectivity index (χ2v) is 12.0. The highest BCUT2D eigenvalue weighted by Crippen LogP contribution is 2.13. The van der Waals surface area contributed by atoms with Crippen molar-refractivity contribution in [1.82, 2.24) is 21.3 Å². The van der Waals surface area contributed by atoms with Gasteiger partial charge >= 0.3 is 17.9 Å². The van der Waals surface area contributed by atoms with Gasteiger partial charge < -0.3 is 47.4 Å². The van der Waals surface area contributed by atoms with Crippen LogP contribution in [0.15, 0.2) is 84.9 Å². The van der Waals surface area contributed by atoms with Gasteiger partial charge in [-0.3, -0.25) is 28.8 Å². The molecule has 16 nitrogen and oxygen atoms in total. The molecule has 0 fully saturated rings. The highest BCUT2D eigenvalue weighted by Gasteiger charge is 2.33. The summed E-state index contributed by atoms with van der Waals surface area (Å²) >= 11 is 0. The van der Waals surface area contributed by atoms with Crippen LogP contribution in [0.25, 0.3) is 0 Å². The summed E-state index contributed by atoms with van der Waals surface area (Å²) < 4.78 is 0. The van der Waals surface area contributed by atoms with Gasteiger partial charge in [-0.05, 0) is 35.2 Å². The second-order valence-electron chi connectivity index (χ2n) is 12.0. The molecular formula is C36H41N5O11. The van der Waals surface area contributed by atoms with Crippen molar-refractivity contribution in [2.24, 2.45) is 5.73 Å². The number of nitrogens with one attached hydrogen (secondary N) is 4. The molecule has 0 saturated heterocycles. The van der Waals surface area contributed by atoms with Gasteiger partial charge in [-0.2, -0.15) is 0 Å². The number of benzene rings is 3. The Morgan fingerprint density at radius 2 is 0.923 bits per heavy atom. The molecular weight excluding hydrogens is 678 g/mol. The van der Waals surface area contributed by atoms with Crippen LogP contribution in [-0.2, 0) is 52.8 Å². The van der Waals surface area contributed by atoms with Crippen LogP contribution in [0.3, 0.4) is 0 Å². The molecule has 52 heavy (non-hydrogen) atoms. The third-order valence-corrected chi connectivity index (χ3v) is 7.84. The summed E-state index contributed by atoms with van der Waals surface area (Å²) in [4.78, 5) is 88.5. The molecule has 0 aliphatic heterocycles. The molecule has 3 aromatic rings. The average molecular weight is 720 g/mol. The molecule has 0 bridgehead atoms. The number of carbonyl (C=O) groups is 7. The van der Waals surface area contributed by atoms with Crippen LogP contribution < -0.4 is 27.0 Å². The normalized spacial score (nSPS) is 13.6. The molecule has 0 aliphatic rings. The number of carboxylic acids is 3. The molecule has 16 heteroatoms. The Bertz CT molecular complexity index is 1700. The molecule has 3 aromatic carbocycles. The maximum absolute atomic E-state index is 13.8. The van der Waals surface area contributed by atoms with Gasteiger partial charge in [-0.15, -0.1) is 0 Å². The van der Waals surface area contributed by atoms with Crippen LogP contribution in [0, 0.1) is 0 Å². The first kappa shape index (κ1) is 40.1. The smallest absolute Gasteiger partial charge is 0.326 e. The number of carbonyl (C=O) groups excluding carboxylic acids is 4. The van der Waals surface area contributed by atoms with Gasteiger partial charge in [0.25, 0.3) is 0 Å². The van der Waals surface area contributed by atoms with E-state index in [1.807, 2.05) is 0 Å². The maximum Gasteiger partial charge on any atom is 0.326 e. The molecule has 0 radical (unpaired) electrons. The van der Waals surface area contributed by atoms with Crippen molar-refractivity contribution in [1.29, 1.82) is 0 Å². The van der Waals surface area contributed by atoms with Crippen LogP contribution in [0.5, 0.6) is 5.75 Å². The minimum absolute atomic E-state index is 0.0502. The quantitative estimate of drug-likeness (QED) is 0.0753. The maximum atomic E-state index is 13.8. The third kappa shape index (κ3) is 13.5. The van der Waals surface area contributed by atoms with Crippen molar-refractivity contribution >= 4 is 41.5 Å². The highest BCUT2D eigenvalue weighted by atomic mass is 16.4. The average Bonchev–Trinajstić information content (AvgIpc) is 3.10. The van der Waals surface area contributed by atoms with Gasteiger partial charge in [0.1, 0.15) is 29.9 Å². The van der Waals surface area contributed by atoms with E-state index < -0.39 is 84.6 Å². The first-order valence-electron chi connectivity index (χ1n) is 16.2. The summed E-state index contributed by atoms with van der Waals surface area (Å²) in [5.74, 6) is -7.89. The molecule has 5 atom stereocenters. The van der Waals surface area contributed by atoms with Gasteiger partial charge in [-0.25, -0.2) is 4.79 Å². The molecule has 0 spiro atoms. The van der Waals surface area contributed by atoms with Gasteiger partial charge in [0, 0.05) is 25.7 Å². The molecule has 10 N–H and O–H groups in total. The zero-order valence-corrected chi connectivity index (χ0v) is 27.9. The lowest BCUT2D eigenvalue weighted by molar-refractivity contribution is -0.143. The Morgan fingerprint density at radius 1 is 0.519 bits per heavy atom. The van der Waals surface area contributed by atoms with Crippen LogP contribution in [-0.4, -0.2) is 92.2 Å². The van der Waals surface area contributed by atoms with E-state index in [9.17, 15) is 48.9 Å². The van der Waals surface area contributed by atoms with E-state index >= 15 is 0 Å². The summed E-state index contributed by atoms with van der Waals surface area (Å²) in [7, 11) is 0. The Labute approximate surface area is 298 Å². The third-order valence-electron chi connectivity index (χ3n) is 7.84. The molecule has 0 unspecified atom stereocenters. The van der Waals surface area contributed by atoms with Crippen LogP contribution in [0.1, 0.15) is 36.0 Å². The summed E-state index contributed by atoms with van der Waals surface area (Å²) in [6.45, 7) is 0. The van der Waals surface area contributed by atoms with Crippen molar-refractivity contribution < 1.29 is 54.0 Å². The predicted molar refractivity (Wildman–Crippen MR) is 185 cm³/mol. The topological polar surface area (TPSA) is 275 Å². The second kappa shape index (κ2) is 19.8. The number of amides is 4. The Kier molecular flexibility index (Phi) is 15.3. The fourth-order valence-corrected chi connectivity index (χ4v) is 5.08. The van der Waals surface area contributed by atoms with Crippen LogP contribution in [0.4, 0.5) is 0 Å². The largest absolute Gasteiger partial charge is 0.508 e. The van der Waals surface area contributed by atoms with Crippen molar-refractivity contribution in [3.05, 3.63) is 102 Å². The number of hydrogen-bond donors (Lipinski definition) is 9. The van der Waals surface area contributed by atoms with Crippen molar-refractivity contribution in [3.63, 3.8) is 0 Å². The Morgan fingerprint density at radius 3 is 1.38 bits per heavy atom. The molecule has 3 rings (SSSR count). The molecule has 0 saturated carbocycles. The van der Waals surface area contributed by atoms with Crippen LogP contribution in [0.2, 0.25) is 0 Å². The zero-order valence-electron chi connectivity index (χ0n) is 27.9. The lowest BCUT2D eigenvalue weighted by Crippen LogP contribution is -2.59. The van der Waals surface area contributed by atoms with E-state index in [0.29, 0.717) is 16.7 Å². The van der Waals surface area contributed by atoms with E-state index in [2.05, 4.69) is 21.3 Å². The van der Waals surface area contributed by atoms with Gasteiger partial charge in [0.15, 0.2) is 0 Å². The minimum atomic E-state index is -1.77. The highest BCUT2D eigenvalue weighted by molar-refractivity contribution is 5.96. The fraction of sp³-hybridized carbons (Fsp3) is 0.306. The van der Waals surface area contributed by atoms with E-state index in [1.54, 1.807) is 60.7 Å². The summed E-state index contributed by atoms with van der Waals surface area (Å²) in [6.07, 6.45) is -1.94. The lowest BCUT2D eigenvalue weighted by atomic mass is 10.0. The van der Waals surface area contributed by atoms with Crippen LogP contribution >= 0.6 is 0 Å². The molecule has 0 aliphatic carbocycles. The fourth-order valence-electron chi connectivity index (χ4n) is 5.08. The molecule has 0 heterocycles. The van der Waals surface area contributed by atoms with E-state index in [-0.39, 0.29) is 31.4 Å². The number of rotatable bonds is 20. The first-order chi connectivity index (χ1) is 24.7. The number of carboxylic acid groups (broad SMARTS) is 3. The minimum Gasteiger partial charge on any atom is -0.508 e. The first-order valence-corrected chi connectivity index (χ1v) is 16.2. The number of hydrogen-bond acceptors (Lipinski definition) is 9. The van der Waals surface area contributed by atoms with E-state index in [0.717, 1.165) is 0 Å². The van der Waals surface area contributed by atoms with Gasteiger partial charge in [0.05, 0.1) is 12.5 Å². The number of nitrogens with two attached hydrogens (primary N) is 1. The molecule has 276 valence electrons. The summed E-state index contributed by atoms with van der Waals surface area (Å²) in [5, 5.41) is 47.5. The van der Waals surface area contributed by atoms with E-state index in [4.69, 9.17) is 10.8 Å². The monoisotopic (exact) mass is 719 g/mol. The molecule has 4 amide bonds. The van der Waals surface area contributed by atoms with Crippen molar-refractivity contribution in [2.45, 2.75) is 68.7 Å². The SMILES string of the molecule is N[C@@H](CCC(=O)O)C(=O)N[C@@H](Cc1ccccc1)C(=O)N[C@@H](Cc1ccccc1)C(=O)N[C@@H](CC(=O)O)C(=O)N[C@@H](Cc1ccc(O)cc1)C(=O)O. The van der Waals surface area contributed by atoms with Gasteiger partial charge in [0.2, 0.25) is 23.6 Å². The Balaban J connectivity index is 1.86. The number of phenols is 1. The predicted octanol–water partition coefficient (Wildman–Crippen LogP) is 0.111. The summed E-state index contributed by atoms with van der Waals surface area (Å²) in [5.41, 5.74) is 7.52. The standard InChI is InChI=1S/C36H41N5O11/c37-25(15-16-30(43)44)32(47)38-26(17-21-7-3-1-4-8-21)33(48)39-27(18-22-9-5-2-6-10-22)34(49)40-28(20-31(45)46)35(50)41-29(36(51)52)19-23-11-13-24(42)14-12-23/h1-14,25-29,42H,15-20,37H2,(H,38,47)(H,39,48)(H,40,49)(H,41,50)(H,43,44)(H,45,46)(H,51,52)/t25-,26-,27-,28-,29-/m0/s1. The Hall–Kier alpha value is -6.29. The zero-order chi connectivity index (χ0) is 38.2. The van der Waals surface area contributed by atoms with Crippen molar-refractivity contribution in [3.8, 4) is 5.75 Å². The van der Waals surface area contributed by atoms with Gasteiger partial charge in [-0.1, -0.05) is 72.8 Å².